The average Bonchev–Trinajstić information content (AvgIpc) is 2.43. The molecule has 0 amide bonds. The van der Waals surface area contributed by atoms with Crippen molar-refractivity contribution in [3.63, 3.8) is 0 Å². The van der Waals surface area contributed by atoms with E-state index in [9.17, 15) is 4.79 Å². The van der Waals surface area contributed by atoms with Gasteiger partial charge in [-0.3, -0.25) is 5.73 Å². The van der Waals surface area contributed by atoms with E-state index in [0.29, 0.717) is 6.61 Å². The zero-order valence-electron chi connectivity index (χ0n) is 13.5. The number of rotatable bonds is 14. The van der Waals surface area contributed by atoms with Gasteiger partial charge in [0, 0.05) is 0 Å². The largest absolute Gasteiger partial charge is 0.463 e. The second-order valence-corrected chi connectivity index (χ2v) is 5.50. The molecule has 0 aromatic rings. The Morgan fingerprint density at radius 2 is 1.29 bits per heavy atom. The molecule has 1 atom stereocenters. The fourth-order valence-electron chi connectivity index (χ4n) is 2.20. The molecule has 0 radical (unpaired) electrons. The van der Waals surface area contributed by atoms with Gasteiger partial charge in [0.15, 0.2) is 0 Å². The van der Waals surface area contributed by atoms with E-state index >= 15 is 0 Å². The lowest BCUT2D eigenvalue weighted by Crippen LogP contribution is -2.31. The summed E-state index contributed by atoms with van der Waals surface area (Å²) in [5, 5.41) is 8.72. The minimum Gasteiger partial charge on any atom is -0.463 e. The highest BCUT2D eigenvalue weighted by molar-refractivity contribution is 5.85. The fourth-order valence-corrected chi connectivity index (χ4v) is 2.20. The molecule has 0 spiro atoms. The van der Waals surface area contributed by atoms with Crippen LogP contribution in [0.25, 0.3) is 0 Å². The van der Waals surface area contributed by atoms with E-state index < -0.39 is 12.2 Å². The topological polar surface area (TPSA) is 72.5 Å². The molecule has 5 heteroatoms. The molecular formula is C16H34ClNO3. The van der Waals surface area contributed by atoms with Crippen molar-refractivity contribution < 1.29 is 14.6 Å². The Kier molecular flexibility index (Phi) is 19.4. The predicted molar refractivity (Wildman–Crippen MR) is 89.5 cm³/mol. The third-order valence-corrected chi connectivity index (χ3v) is 3.48. The van der Waals surface area contributed by atoms with Gasteiger partial charge in [0.2, 0.25) is 6.23 Å². The Morgan fingerprint density at radius 3 is 1.67 bits per heavy atom. The van der Waals surface area contributed by atoms with E-state index in [0.717, 1.165) is 12.8 Å². The number of halogens is 1. The number of hydrogen-bond donors (Lipinski definition) is 2. The quantitative estimate of drug-likeness (QED) is 0.288. The van der Waals surface area contributed by atoms with Gasteiger partial charge in [-0.1, -0.05) is 77.6 Å². The number of carbonyl (C=O) groups excluding carboxylic acids is 1. The second-order valence-electron chi connectivity index (χ2n) is 5.50. The highest BCUT2D eigenvalue weighted by Gasteiger charge is 2.09. The van der Waals surface area contributed by atoms with Crippen LogP contribution in [0, 0.1) is 0 Å². The third kappa shape index (κ3) is 17.6. The molecule has 128 valence electrons. The molecule has 1 unspecified atom stereocenters. The summed E-state index contributed by atoms with van der Waals surface area (Å²) < 4.78 is 4.78. The van der Waals surface area contributed by atoms with Crippen LogP contribution in [-0.2, 0) is 9.53 Å². The monoisotopic (exact) mass is 323 g/mol. The van der Waals surface area contributed by atoms with Crippen molar-refractivity contribution in [1.82, 2.24) is 0 Å². The smallest absolute Gasteiger partial charge is 0.350 e. The number of esters is 1. The van der Waals surface area contributed by atoms with E-state index in [2.05, 4.69) is 6.92 Å². The van der Waals surface area contributed by atoms with Crippen molar-refractivity contribution in [2.75, 3.05) is 6.61 Å². The Labute approximate surface area is 136 Å². The zero-order valence-corrected chi connectivity index (χ0v) is 14.3. The molecule has 3 N–H and O–H groups in total. The number of unbranched alkanes of at least 4 members (excludes halogenated alkanes) is 11. The number of aliphatic hydroxyl groups excluding tert-OH is 1. The van der Waals surface area contributed by atoms with Crippen LogP contribution in [0.4, 0.5) is 0 Å². The Hall–Kier alpha value is -0.320. The molecule has 0 aromatic carbocycles. The summed E-state index contributed by atoms with van der Waals surface area (Å²) in [7, 11) is 0. The lowest BCUT2D eigenvalue weighted by Gasteiger charge is -2.06. The van der Waals surface area contributed by atoms with Crippen LogP contribution in [-0.4, -0.2) is 23.9 Å². The zero-order chi connectivity index (χ0) is 15.1. The fraction of sp³-hybridized carbons (Fsp3) is 0.938. The van der Waals surface area contributed by atoms with Crippen molar-refractivity contribution in [1.29, 1.82) is 0 Å². The SMILES string of the molecule is CCCCCCCCCCCCCCOC(=O)C(N)O.Cl. The van der Waals surface area contributed by atoms with Gasteiger partial charge in [0.1, 0.15) is 0 Å². The summed E-state index contributed by atoms with van der Waals surface area (Å²) in [6.45, 7) is 2.61. The van der Waals surface area contributed by atoms with E-state index in [1.54, 1.807) is 0 Å². The second kappa shape index (κ2) is 17.7. The van der Waals surface area contributed by atoms with Crippen LogP contribution in [0.1, 0.15) is 84.0 Å². The van der Waals surface area contributed by atoms with Gasteiger partial charge < -0.3 is 9.84 Å². The van der Waals surface area contributed by atoms with Crippen molar-refractivity contribution in [3.8, 4) is 0 Å². The summed E-state index contributed by atoms with van der Waals surface area (Å²) in [5.74, 6) is -0.729. The molecule has 0 aliphatic carbocycles. The number of aliphatic hydroxyl groups is 1. The summed E-state index contributed by atoms with van der Waals surface area (Å²) in [5.41, 5.74) is 4.96. The molecule has 0 aliphatic heterocycles. The molecule has 0 saturated heterocycles. The highest BCUT2D eigenvalue weighted by Crippen LogP contribution is 2.11. The maximum atomic E-state index is 10.8. The van der Waals surface area contributed by atoms with Gasteiger partial charge in [-0.05, 0) is 6.42 Å². The minimum absolute atomic E-state index is 0. The van der Waals surface area contributed by atoms with E-state index in [4.69, 9.17) is 15.6 Å². The standard InChI is InChI=1S/C16H33NO3.ClH/c1-2-3-4-5-6-7-8-9-10-11-12-13-14-20-16(19)15(17)18;/h15,18H,2-14,17H2,1H3;1H. The van der Waals surface area contributed by atoms with Gasteiger partial charge in [0.25, 0.3) is 0 Å². The van der Waals surface area contributed by atoms with Crippen LogP contribution in [0.5, 0.6) is 0 Å². The van der Waals surface area contributed by atoms with Crippen molar-refractivity contribution in [3.05, 3.63) is 0 Å². The maximum Gasteiger partial charge on any atom is 0.350 e. The summed E-state index contributed by atoms with van der Waals surface area (Å²) >= 11 is 0. The third-order valence-electron chi connectivity index (χ3n) is 3.48. The van der Waals surface area contributed by atoms with Crippen LogP contribution in [0.3, 0.4) is 0 Å². The average molecular weight is 324 g/mol. The first-order valence-electron chi connectivity index (χ1n) is 8.28. The van der Waals surface area contributed by atoms with Crippen LogP contribution in [0.15, 0.2) is 0 Å². The van der Waals surface area contributed by atoms with E-state index in [1.165, 1.54) is 64.2 Å². The number of hydrogen-bond acceptors (Lipinski definition) is 4. The molecule has 0 bridgehead atoms. The maximum absolute atomic E-state index is 10.8. The Balaban J connectivity index is 0. The first-order valence-corrected chi connectivity index (χ1v) is 8.28. The van der Waals surface area contributed by atoms with Crippen molar-refractivity contribution >= 4 is 18.4 Å². The highest BCUT2D eigenvalue weighted by atomic mass is 35.5. The molecule has 0 fully saturated rings. The first kappa shape index (κ1) is 23.0. The lowest BCUT2D eigenvalue weighted by atomic mass is 10.1. The molecule has 21 heavy (non-hydrogen) atoms. The predicted octanol–water partition coefficient (Wildman–Crippen LogP) is 3.93. The van der Waals surface area contributed by atoms with Crippen LogP contribution >= 0.6 is 12.4 Å². The first-order chi connectivity index (χ1) is 9.68. The molecule has 0 heterocycles. The van der Waals surface area contributed by atoms with Crippen LogP contribution < -0.4 is 5.73 Å². The Morgan fingerprint density at radius 1 is 0.905 bits per heavy atom. The summed E-state index contributed by atoms with van der Waals surface area (Å²) in [4.78, 5) is 10.8. The number of ether oxygens (including phenoxy) is 1. The van der Waals surface area contributed by atoms with Gasteiger partial charge >= 0.3 is 5.97 Å². The molecular weight excluding hydrogens is 290 g/mol. The summed E-state index contributed by atoms with van der Waals surface area (Å²) in [6, 6.07) is 0. The summed E-state index contributed by atoms with van der Waals surface area (Å²) in [6.07, 6.45) is 13.8. The number of carbonyl (C=O) groups is 1. The Bertz CT molecular complexity index is 226. The molecule has 0 aliphatic rings. The van der Waals surface area contributed by atoms with Crippen molar-refractivity contribution in [2.45, 2.75) is 90.2 Å². The van der Waals surface area contributed by atoms with Crippen LogP contribution in [0.2, 0.25) is 0 Å². The number of nitrogens with two attached hydrogens (primary N) is 1. The van der Waals surface area contributed by atoms with Crippen molar-refractivity contribution in [2.24, 2.45) is 5.73 Å². The van der Waals surface area contributed by atoms with E-state index in [-0.39, 0.29) is 12.4 Å². The lowest BCUT2D eigenvalue weighted by molar-refractivity contribution is -0.153. The van der Waals surface area contributed by atoms with Gasteiger partial charge in [-0.25, -0.2) is 4.79 Å². The normalized spacial score (nSPS) is 11.8. The molecule has 4 nitrogen and oxygen atoms in total. The molecule has 0 aromatic heterocycles. The van der Waals surface area contributed by atoms with Gasteiger partial charge in [0.05, 0.1) is 6.61 Å². The van der Waals surface area contributed by atoms with E-state index in [1.807, 2.05) is 0 Å². The van der Waals surface area contributed by atoms with Gasteiger partial charge in [-0.2, -0.15) is 0 Å². The molecule has 0 rings (SSSR count). The van der Waals surface area contributed by atoms with Gasteiger partial charge in [-0.15, -0.1) is 12.4 Å². The minimum atomic E-state index is -1.49. The molecule has 0 saturated carbocycles.